The Morgan fingerprint density at radius 1 is 1.12 bits per heavy atom. The molecule has 2 aromatic rings. The van der Waals surface area contributed by atoms with Crippen LogP contribution in [0, 0.1) is 12.7 Å². The van der Waals surface area contributed by atoms with E-state index in [-0.39, 0.29) is 5.82 Å². The second-order valence-electron chi connectivity index (χ2n) is 5.62. The maximum Gasteiger partial charge on any atom is 0.191 e. The molecule has 0 fully saturated rings. The molecule has 0 unspecified atom stereocenters. The highest BCUT2D eigenvalue weighted by Crippen LogP contribution is 2.06. The lowest BCUT2D eigenvalue weighted by Gasteiger charge is -2.11. The number of benzene rings is 1. The molecule has 0 spiro atoms. The molecule has 24 heavy (non-hydrogen) atoms. The van der Waals surface area contributed by atoms with E-state index in [2.05, 4.69) is 27.5 Å². The quantitative estimate of drug-likeness (QED) is 0.607. The minimum atomic E-state index is -0.201. The minimum Gasteiger partial charge on any atom is -0.357 e. The fourth-order valence-electron chi connectivity index (χ4n) is 2.39. The first-order valence-corrected chi connectivity index (χ1v) is 8.35. The molecule has 0 aliphatic heterocycles. The van der Waals surface area contributed by atoms with Crippen LogP contribution in [0.1, 0.15) is 23.6 Å². The van der Waals surface area contributed by atoms with Gasteiger partial charge in [-0.25, -0.2) is 4.39 Å². The molecule has 5 heteroatoms. The van der Waals surface area contributed by atoms with Gasteiger partial charge in [0.05, 0.1) is 0 Å². The van der Waals surface area contributed by atoms with Crippen LogP contribution in [0.2, 0.25) is 0 Å². The summed E-state index contributed by atoms with van der Waals surface area (Å²) >= 11 is 0. The topological polar surface area (TPSA) is 49.3 Å². The summed E-state index contributed by atoms with van der Waals surface area (Å²) in [5.74, 6) is 0.610. The van der Waals surface area contributed by atoms with Gasteiger partial charge in [0.2, 0.25) is 0 Å². The van der Waals surface area contributed by atoms with Crippen molar-refractivity contribution in [2.75, 3.05) is 19.6 Å². The van der Waals surface area contributed by atoms with Gasteiger partial charge >= 0.3 is 0 Å². The molecule has 4 nitrogen and oxygen atoms in total. The number of rotatable bonds is 7. The highest BCUT2D eigenvalue weighted by atomic mass is 19.1. The third kappa shape index (κ3) is 5.99. The van der Waals surface area contributed by atoms with Gasteiger partial charge in [-0.3, -0.25) is 9.98 Å². The highest BCUT2D eigenvalue weighted by Gasteiger charge is 2.00. The second-order valence-corrected chi connectivity index (χ2v) is 5.62. The van der Waals surface area contributed by atoms with Gasteiger partial charge in [-0.15, -0.1) is 0 Å². The molecule has 0 radical (unpaired) electrons. The second kappa shape index (κ2) is 9.65. The van der Waals surface area contributed by atoms with Crippen LogP contribution in [0.25, 0.3) is 0 Å². The Bertz CT molecular complexity index is 653. The average molecular weight is 328 g/mol. The zero-order chi connectivity index (χ0) is 17.2. The molecule has 1 aromatic heterocycles. The Morgan fingerprint density at radius 3 is 2.62 bits per heavy atom. The average Bonchev–Trinajstić information content (AvgIpc) is 2.58. The summed E-state index contributed by atoms with van der Waals surface area (Å²) in [5, 5.41) is 6.56. The van der Waals surface area contributed by atoms with Crippen LogP contribution in [-0.2, 0) is 12.8 Å². The number of halogens is 1. The molecule has 128 valence electrons. The van der Waals surface area contributed by atoms with Gasteiger partial charge in [-0.2, -0.15) is 0 Å². The van der Waals surface area contributed by atoms with E-state index in [4.69, 9.17) is 0 Å². The van der Waals surface area contributed by atoms with Gasteiger partial charge in [0.25, 0.3) is 0 Å². The van der Waals surface area contributed by atoms with Crippen LogP contribution in [-0.4, -0.2) is 30.6 Å². The van der Waals surface area contributed by atoms with E-state index >= 15 is 0 Å². The standard InChI is InChI=1S/C19H25FN4/c1-3-22-19(23-12-8-16-4-6-18(20)7-5-16)24-13-10-17-9-11-21-14-15(17)2/h4-7,9,11,14H,3,8,10,12-13H2,1-2H3,(H2,22,23,24). The van der Waals surface area contributed by atoms with E-state index in [9.17, 15) is 4.39 Å². The molecule has 2 rings (SSSR count). The molecule has 0 aliphatic rings. The van der Waals surface area contributed by atoms with Crippen LogP contribution < -0.4 is 10.6 Å². The fourth-order valence-corrected chi connectivity index (χ4v) is 2.39. The number of pyridine rings is 1. The molecule has 0 aliphatic carbocycles. The number of aryl methyl sites for hydroxylation is 1. The van der Waals surface area contributed by atoms with Gasteiger partial charge in [-0.05, 0) is 61.6 Å². The molecule has 0 saturated carbocycles. The van der Waals surface area contributed by atoms with Gasteiger partial charge in [0, 0.05) is 32.0 Å². The summed E-state index contributed by atoms with van der Waals surface area (Å²) in [6.45, 7) is 6.40. The van der Waals surface area contributed by atoms with Gasteiger partial charge in [-0.1, -0.05) is 12.1 Å². The Balaban J connectivity index is 1.82. The summed E-state index contributed by atoms with van der Waals surface area (Å²) < 4.78 is 12.9. The number of aliphatic imine (C=N–C) groups is 1. The highest BCUT2D eigenvalue weighted by molar-refractivity contribution is 5.79. The first-order valence-electron chi connectivity index (χ1n) is 8.35. The normalized spacial score (nSPS) is 11.4. The monoisotopic (exact) mass is 328 g/mol. The molecule has 0 bridgehead atoms. The third-order valence-electron chi connectivity index (χ3n) is 3.75. The van der Waals surface area contributed by atoms with Crippen molar-refractivity contribution in [3.05, 3.63) is 65.2 Å². The van der Waals surface area contributed by atoms with Gasteiger partial charge in [0.1, 0.15) is 5.82 Å². The van der Waals surface area contributed by atoms with Crippen molar-refractivity contribution in [1.82, 2.24) is 15.6 Å². The fraction of sp³-hybridized carbons (Fsp3) is 0.368. The van der Waals surface area contributed by atoms with Crippen LogP contribution in [0.5, 0.6) is 0 Å². The molecule has 1 aromatic carbocycles. The lowest BCUT2D eigenvalue weighted by atomic mass is 10.1. The molecule has 2 N–H and O–H groups in total. The summed E-state index contributed by atoms with van der Waals surface area (Å²) in [4.78, 5) is 8.72. The molecule has 0 amide bonds. The van der Waals surface area contributed by atoms with Crippen molar-refractivity contribution in [3.63, 3.8) is 0 Å². The summed E-state index contributed by atoms with van der Waals surface area (Å²) in [6, 6.07) is 8.65. The largest absolute Gasteiger partial charge is 0.357 e. The van der Waals surface area contributed by atoms with E-state index in [1.54, 1.807) is 0 Å². The number of hydrogen-bond donors (Lipinski definition) is 2. The Labute approximate surface area is 143 Å². The lowest BCUT2D eigenvalue weighted by molar-refractivity contribution is 0.626. The molecule has 1 heterocycles. The lowest BCUT2D eigenvalue weighted by Crippen LogP contribution is -2.38. The number of hydrogen-bond acceptors (Lipinski definition) is 2. The SMILES string of the molecule is CCNC(=NCCc1ccncc1C)NCCc1ccc(F)cc1. The molecular weight excluding hydrogens is 303 g/mol. The number of nitrogens with one attached hydrogen (secondary N) is 2. The van der Waals surface area contributed by atoms with Crippen molar-refractivity contribution in [1.29, 1.82) is 0 Å². The number of nitrogens with zero attached hydrogens (tertiary/aromatic N) is 2. The zero-order valence-corrected chi connectivity index (χ0v) is 14.3. The molecular formula is C19H25FN4. The smallest absolute Gasteiger partial charge is 0.191 e. The van der Waals surface area contributed by atoms with Crippen molar-refractivity contribution < 1.29 is 4.39 Å². The Hall–Kier alpha value is -2.43. The maximum atomic E-state index is 12.9. The van der Waals surface area contributed by atoms with Crippen molar-refractivity contribution >= 4 is 5.96 Å². The predicted octanol–water partition coefficient (Wildman–Crippen LogP) is 2.87. The van der Waals surface area contributed by atoms with Crippen LogP contribution >= 0.6 is 0 Å². The first kappa shape index (κ1) is 17.9. The van der Waals surface area contributed by atoms with E-state index in [0.29, 0.717) is 0 Å². The summed E-state index contributed by atoms with van der Waals surface area (Å²) in [5.41, 5.74) is 3.57. The van der Waals surface area contributed by atoms with Gasteiger partial charge < -0.3 is 10.6 Å². The minimum absolute atomic E-state index is 0.201. The molecule has 0 saturated heterocycles. The molecule has 0 atom stereocenters. The van der Waals surface area contributed by atoms with Crippen molar-refractivity contribution in [3.8, 4) is 0 Å². The Morgan fingerprint density at radius 2 is 1.92 bits per heavy atom. The number of guanidine groups is 1. The predicted molar refractivity (Wildman–Crippen MR) is 96.8 cm³/mol. The van der Waals surface area contributed by atoms with Crippen LogP contribution in [0.15, 0.2) is 47.7 Å². The number of aromatic nitrogens is 1. The van der Waals surface area contributed by atoms with Crippen molar-refractivity contribution in [2.24, 2.45) is 4.99 Å². The first-order chi connectivity index (χ1) is 11.7. The van der Waals surface area contributed by atoms with E-state index in [1.165, 1.54) is 23.3 Å². The van der Waals surface area contributed by atoms with Crippen LogP contribution in [0.3, 0.4) is 0 Å². The summed E-state index contributed by atoms with van der Waals surface area (Å²) in [6.07, 6.45) is 5.42. The van der Waals surface area contributed by atoms with E-state index < -0.39 is 0 Å². The van der Waals surface area contributed by atoms with E-state index in [0.717, 1.165) is 44.0 Å². The van der Waals surface area contributed by atoms with Crippen LogP contribution in [0.4, 0.5) is 4.39 Å². The van der Waals surface area contributed by atoms with E-state index in [1.807, 2.05) is 37.5 Å². The maximum absolute atomic E-state index is 12.9. The van der Waals surface area contributed by atoms with Gasteiger partial charge in [0.15, 0.2) is 5.96 Å². The zero-order valence-electron chi connectivity index (χ0n) is 14.3. The Kier molecular flexibility index (Phi) is 7.21. The summed E-state index contributed by atoms with van der Waals surface area (Å²) in [7, 11) is 0. The third-order valence-corrected chi connectivity index (χ3v) is 3.75. The van der Waals surface area contributed by atoms with Crippen molar-refractivity contribution in [2.45, 2.75) is 26.7 Å².